The van der Waals surface area contributed by atoms with Crippen molar-refractivity contribution in [1.82, 2.24) is 24.5 Å². The monoisotopic (exact) mass is 405 g/mol. The van der Waals surface area contributed by atoms with Gasteiger partial charge in [0.1, 0.15) is 0 Å². The fraction of sp³-hybridized carbons (Fsp3) is 0.348. The second kappa shape index (κ2) is 8.67. The molecular formula is C23H27N5O2. The van der Waals surface area contributed by atoms with Crippen LogP contribution in [0.25, 0.3) is 16.6 Å². The highest BCUT2D eigenvalue weighted by Gasteiger charge is 2.24. The van der Waals surface area contributed by atoms with Gasteiger partial charge in [0.15, 0.2) is 11.5 Å². The van der Waals surface area contributed by atoms with Crippen LogP contribution in [-0.4, -0.2) is 38.8 Å². The second-order valence-electron chi connectivity index (χ2n) is 7.89. The lowest BCUT2D eigenvalue weighted by Crippen LogP contribution is -2.30. The van der Waals surface area contributed by atoms with E-state index in [9.17, 15) is 4.79 Å². The Balaban J connectivity index is 1.68. The van der Waals surface area contributed by atoms with Gasteiger partial charge in [-0.25, -0.2) is 0 Å². The molecule has 1 N–H and O–H groups in total. The Morgan fingerprint density at radius 3 is 2.73 bits per heavy atom. The molecule has 0 aliphatic rings. The number of hydrogen-bond donors (Lipinski definition) is 1. The third-order valence-electron chi connectivity index (χ3n) is 5.23. The first kappa shape index (κ1) is 20.1. The van der Waals surface area contributed by atoms with E-state index in [4.69, 9.17) is 4.74 Å². The summed E-state index contributed by atoms with van der Waals surface area (Å²) >= 11 is 0. The number of carbonyl (C=O) groups is 1. The molecule has 1 aromatic carbocycles. The fourth-order valence-corrected chi connectivity index (χ4v) is 3.84. The molecule has 0 fully saturated rings. The van der Waals surface area contributed by atoms with Crippen LogP contribution in [0, 0.1) is 5.92 Å². The number of fused-ring (bicyclic) bond motifs is 2. The van der Waals surface area contributed by atoms with Gasteiger partial charge in [0.2, 0.25) is 0 Å². The Kier molecular flexibility index (Phi) is 5.81. The number of methoxy groups -OCH3 is 1. The molecule has 0 unspecified atom stereocenters. The molecule has 0 saturated carbocycles. The fourth-order valence-electron chi connectivity index (χ4n) is 3.84. The summed E-state index contributed by atoms with van der Waals surface area (Å²) in [5, 5.41) is 12.8. The van der Waals surface area contributed by atoms with Crippen LogP contribution in [0.2, 0.25) is 0 Å². The summed E-state index contributed by atoms with van der Waals surface area (Å²) in [5.41, 5.74) is 2.45. The quantitative estimate of drug-likeness (QED) is 0.483. The summed E-state index contributed by atoms with van der Waals surface area (Å²) in [7, 11) is 1.68. The van der Waals surface area contributed by atoms with Crippen LogP contribution >= 0.6 is 0 Å². The van der Waals surface area contributed by atoms with Gasteiger partial charge >= 0.3 is 0 Å². The Morgan fingerprint density at radius 1 is 1.13 bits per heavy atom. The standard InChI is InChI=1S/C23H27N5O2/c1-16(2)14-19(22-26-25-21-10-6-7-11-28(21)22)24-23(29)18-15-27(12-13-30-3)20-9-5-4-8-17(18)20/h4-11,15-16,19H,12-14H2,1-3H3,(H,24,29)/t19-/m0/s1. The normalized spacial score (nSPS) is 12.7. The number of para-hydroxylation sites is 1. The Morgan fingerprint density at radius 2 is 1.93 bits per heavy atom. The zero-order chi connectivity index (χ0) is 21.1. The summed E-state index contributed by atoms with van der Waals surface area (Å²) < 4.78 is 9.23. The third-order valence-corrected chi connectivity index (χ3v) is 5.23. The van der Waals surface area contributed by atoms with E-state index in [-0.39, 0.29) is 11.9 Å². The van der Waals surface area contributed by atoms with E-state index < -0.39 is 0 Å². The molecule has 0 bridgehead atoms. The molecule has 30 heavy (non-hydrogen) atoms. The van der Waals surface area contributed by atoms with Crippen LogP contribution in [0.3, 0.4) is 0 Å². The van der Waals surface area contributed by atoms with Crippen molar-refractivity contribution in [2.45, 2.75) is 32.9 Å². The van der Waals surface area contributed by atoms with Crippen LogP contribution in [0.5, 0.6) is 0 Å². The predicted molar refractivity (Wildman–Crippen MR) is 116 cm³/mol. The van der Waals surface area contributed by atoms with Crippen molar-refractivity contribution >= 4 is 22.5 Å². The Hall–Kier alpha value is -3.19. The molecule has 0 saturated heterocycles. The van der Waals surface area contributed by atoms with Gasteiger partial charge in [0, 0.05) is 37.0 Å². The predicted octanol–water partition coefficient (Wildman–Crippen LogP) is 3.85. The lowest BCUT2D eigenvalue weighted by Gasteiger charge is -2.19. The SMILES string of the molecule is COCCn1cc(C(=O)N[C@@H](CC(C)C)c2nnc3ccccn23)c2ccccc21. The maximum absolute atomic E-state index is 13.4. The minimum absolute atomic E-state index is 0.110. The van der Waals surface area contributed by atoms with Crippen molar-refractivity contribution in [3.63, 3.8) is 0 Å². The lowest BCUT2D eigenvalue weighted by molar-refractivity contribution is 0.0931. The number of benzene rings is 1. The second-order valence-corrected chi connectivity index (χ2v) is 7.89. The molecule has 0 aliphatic heterocycles. The summed E-state index contributed by atoms with van der Waals surface area (Å²) in [6, 6.07) is 13.5. The van der Waals surface area contributed by atoms with Gasteiger partial charge < -0.3 is 14.6 Å². The minimum Gasteiger partial charge on any atom is -0.383 e. The molecule has 4 rings (SSSR count). The average Bonchev–Trinajstić information content (AvgIpc) is 3.33. The Labute approximate surface area is 175 Å². The van der Waals surface area contributed by atoms with E-state index in [1.165, 1.54) is 0 Å². The number of amides is 1. The number of pyridine rings is 1. The van der Waals surface area contributed by atoms with Crippen molar-refractivity contribution in [2.24, 2.45) is 5.92 Å². The molecular weight excluding hydrogens is 378 g/mol. The summed E-state index contributed by atoms with van der Waals surface area (Å²) in [5.74, 6) is 1.02. The van der Waals surface area contributed by atoms with Crippen LogP contribution in [-0.2, 0) is 11.3 Å². The zero-order valence-corrected chi connectivity index (χ0v) is 17.6. The van der Waals surface area contributed by atoms with Crippen LogP contribution < -0.4 is 5.32 Å². The van der Waals surface area contributed by atoms with Gasteiger partial charge in [-0.1, -0.05) is 38.1 Å². The topological polar surface area (TPSA) is 73.4 Å². The van der Waals surface area contributed by atoms with E-state index in [1.807, 2.05) is 59.3 Å². The lowest BCUT2D eigenvalue weighted by atomic mass is 10.0. The molecule has 1 atom stereocenters. The zero-order valence-electron chi connectivity index (χ0n) is 17.6. The highest BCUT2D eigenvalue weighted by molar-refractivity contribution is 6.07. The molecule has 7 nitrogen and oxygen atoms in total. The molecule has 1 amide bonds. The van der Waals surface area contributed by atoms with Gasteiger partial charge in [0.05, 0.1) is 18.2 Å². The molecule has 3 aromatic heterocycles. The number of aromatic nitrogens is 4. The van der Waals surface area contributed by atoms with Gasteiger partial charge in [-0.15, -0.1) is 10.2 Å². The third kappa shape index (κ3) is 3.93. The molecule has 3 heterocycles. The Bertz CT molecular complexity index is 1160. The molecule has 4 aromatic rings. The molecule has 156 valence electrons. The van der Waals surface area contributed by atoms with Crippen molar-refractivity contribution in [1.29, 1.82) is 0 Å². The van der Waals surface area contributed by atoms with E-state index in [0.717, 1.165) is 28.8 Å². The van der Waals surface area contributed by atoms with Gasteiger partial charge in [-0.2, -0.15) is 0 Å². The van der Waals surface area contributed by atoms with Crippen molar-refractivity contribution in [3.05, 3.63) is 66.2 Å². The van der Waals surface area contributed by atoms with E-state index in [1.54, 1.807) is 7.11 Å². The molecule has 7 heteroatoms. The number of rotatable bonds is 8. The number of nitrogens with one attached hydrogen (secondary N) is 1. The summed E-state index contributed by atoms with van der Waals surface area (Å²) in [6.45, 7) is 5.55. The summed E-state index contributed by atoms with van der Waals surface area (Å²) in [4.78, 5) is 13.4. The number of nitrogens with zero attached hydrogens (tertiary/aromatic N) is 4. The van der Waals surface area contributed by atoms with Crippen LogP contribution in [0.15, 0.2) is 54.9 Å². The van der Waals surface area contributed by atoms with Crippen molar-refractivity contribution < 1.29 is 9.53 Å². The first-order valence-electron chi connectivity index (χ1n) is 10.3. The molecule has 0 radical (unpaired) electrons. The van der Waals surface area contributed by atoms with Gasteiger partial charge in [-0.05, 0) is 30.5 Å². The number of ether oxygens (including phenoxy) is 1. The number of carbonyl (C=O) groups excluding carboxylic acids is 1. The molecule has 0 aliphatic carbocycles. The molecule has 0 spiro atoms. The van der Waals surface area contributed by atoms with Crippen LogP contribution in [0.1, 0.15) is 42.5 Å². The average molecular weight is 406 g/mol. The maximum Gasteiger partial charge on any atom is 0.254 e. The van der Waals surface area contributed by atoms with E-state index in [2.05, 4.69) is 33.9 Å². The smallest absolute Gasteiger partial charge is 0.254 e. The van der Waals surface area contributed by atoms with Crippen molar-refractivity contribution in [3.8, 4) is 0 Å². The van der Waals surface area contributed by atoms with Crippen molar-refractivity contribution in [2.75, 3.05) is 13.7 Å². The van der Waals surface area contributed by atoms with E-state index >= 15 is 0 Å². The first-order valence-corrected chi connectivity index (χ1v) is 10.3. The van der Waals surface area contributed by atoms with E-state index in [0.29, 0.717) is 24.6 Å². The highest BCUT2D eigenvalue weighted by Crippen LogP contribution is 2.25. The maximum atomic E-state index is 13.4. The largest absolute Gasteiger partial charge is 0.383 e. The number of hydrogen-bond acceptors (Lipinski definition) is 4. The minimum atomic E-state index is -0.240. The van der Waals surface area contributed by atoms with Gasteiger partial charge in [-0.3, -0.25) is 9.20 Å². The van der Waals surface area contributed by atoms with Gasteiger partial charge in [0.25, 0.3) is 5.91 Å². The first-order chi connectivity index (χ1) is 14.6. The van der Waals surface area contributed by atoms with Crippen LogP contribution in [0.4, 0.5) is 0 Å². The highest BCUT2D eigenvalue weighted by atomic mass is 16.5. The summed E-state index contributed by atoms with van der Waals surface area (Å²) in [6.07, 6.45) is 4.61.